The highest BCUT2D eigenvalue weighted by Gasteiger charge is 2.54. The lowest BCUT2D eigenvalue weighted by molar-refractivity contribution is -0.129. The summed E-state index contributed by atoms with van der Waals surface area (Å²) in [5.74, 6) is 2.76. The molecule has 0 amide bonds. The number of carbonyl (C=O) groups is 1. The molecule has 0 heterocycles. The summed E-state index contributed by atoms with van der Waals surface area (Å²) >= 11 is 0. The van der Waals surface area contributed by atoms with Crippen molar-refractivity contribution in [1.82, 2.24) is 0 Å². The number of carbonyl (C=O) groups excluding carboxylic acids is 1. The maximum atomic E-state index is 12.5. The first-order chi connectivity index (χ1) is 14.1. The highest BCUT2D eigenvalue weighted by Crippen LogP contribution is 2.59. The van der Waals surface area contributed by atoms with Crippen LogP contribution < -0.4 is 4.74 Å². The van der Waals surface area contributed by atoms with E-state index < -0.39 is 0 Å². The Balaban J connectivity index is 1.43. The lowest BCUT2D eigenvalue weighted by Crippen LogP contribution is -2.42. The topological polar surface area (TPSA) is 50.1 Å². The van der Waals surface area contributed by atoms with Gasteiger partial charge in [-0.3, -0.25) is 4.79 Å². The summed E-state index contributed by atoms with van der Waals surface area (Å²) in [6.45, 7) is 2.68. The van der Waals surface area contributed by atoms with Crippen molar-refractivity contribution in [3.63, 3.8) is 0 Å². The van der Waals surface area contributed by atoms with Gasteiger partial charge in [0.1, 0.15) is 24.2 Å². The van der Waals surface area contributed by atoms with Crippen LogP contribution >= 0.6 is 0 Å². The molecule has 3 nitrogen and oxygen atoms in total. The molecule has 0 N–H and O–H groups in total. The number of Topliss-reactive ketones (excluding diaryl/α,β-unsaturated/α-hetero) is 1. The molecule has 5 rings (SSSR count). The van der Waals surface area contributed by atoms with Gasteiger partial charge in [0.15, 0.2) is 0 Å². The van der Waals surface area contributed by atoms with Gasteiger partial charge < -0.3 is 4.74 Å². The molecule has 29 heavy (non-hydrogen) atoms. The van der Waals surface area contributed by atoms with E-state index in [0.29, 0.717) is 41.5 Å². The zero-order valence-electron chi connectivity index (χ0n) is 17.0. The van der Waals surface area contributed by atoms with Crippen LogP contribution in [0.4, 0.5) is 0 Å². The van der Waals surface area contributed by atoms with Crippen LogP contribution in [0, 0.1) is 28.6 Å². The van der Waals surface area contributed by atoms with Gasteiger partial charge >= 0.3 is 0 Å². The van der Waals surface area contributed by atoms with Gasteiger partial charge in [-0.05, 0) is 78.7 Å². The minimum atomic E-state index is -0.102. The zero-order chi connectivity index (χ0) is 20.0. The quantitative estimate of drug-likeness (QED) is 0.695. The van der Waals surface area contributed by atoms with E-state index in [1.807, 2.05) is 30.3 Å². The Morgan fingerprint density at radius 1 is 1.14 bits per heavy atom. The van der Waals surface area contributed by atoms with E-state index in [4.69, 9.17) is 4.74 Å². The summed E-state index contributed by atoms with van der Waals surface area (Å²) in [7, 11) is 0. The molecule has 0 aromatic heterocycles. The smallest absolute Gasteiger partial charge is 0.139 e. The number of ketones is 1. The number of nitrogens with zero attached hydrogens (tertiary/aromatic N) is 1. The minimum Gasteiger partial charge on any atom is -0.488 e. The van der Waals surface area contributed by atoms with Crippen LogP contribution in [0.1, 0.15) is 67.2 Å². The molecule has 148 valence electrons. The predicted molar refractivity (Wildman–Crippen MR) is 112 cm³/mol. The average molecular weight is 386 g/mol. The standard InChI is InChI=1S/C26H27NO2/c1-26-12-11-20-21(23(26)9-10-25(26)28)8-7-18-14-24(19(15-27)13-22(18)20)29-16-17-5-3-2-4-6-17/h2-6,13-14,20-21,23H,7-12,16H2,1H3/t20-,21+,23-,26-/m0/s1. The highest BCUT2D eigenvalue weighted by atomic mass is 16.5. The first-order valence-electron chi connectivity index (χ1n) is 10.9. The third-order valence-corrected chi connectivity index (χ3v) is 7.89. The fourth-order valence-corrected chi connectivity index (χ4v) is 6.31. The fraction of sp³-hybridized carbons (Fsp3) is 0.462. The Bertz CT molecular complexity index is 990. The van der Waals surface area contributed by atoms with Crippen LogP contribution in [0.2, 0.25) is 0 Å². The van der Waals surface area contributed by atoms with Gasteiger partial charge in [0.05, 0.1) is 5.56 Å². The number of fused-ring (bicyclic) bond motifs is 5. The van der Waals surface area contributed by atoms with Gasteiger partial charge in [-0.2, -0.15) is 5.26 Å². The summed E-state index contributed by atoms with van der Waals surface area (Å²) < 4.78 is 6.05. The summed E-state index contributed by atoms with van der Waals surface area (Å²) in [4.78, 5) is 12.5. The van der Waals surface area contributed by atoms with Crippen LogP contribution in [-0.2, 0) is 17.8 Å². The monoisotopic (exact) mass is 385 g/mol. The molecule has 3 heteroatoms. The maximum Gasteiger partial charge on any atom is 0.139 e. The van der Waals surface area contributed by atoms with E-state index in [1.165, 1.54) is 11.1 Å². The molecule has 0 radical (unpaired) electrons. The molecular weight excluding hydrogens is 358 g/mol. The summed E-state index contributed by atoms with van der Waals surface area (Å²) in [6, 6.07) is 16.6. The first kappa shape index (κ1) is 18.4. The maximum absolute atomic E-state index is 12.5. The van der Waals surface area contributed by atoms with Gasteiger partial charge in [0.2, 0.25) is 0 Å². The predicted octanol–water partition coefficient (Wildman–Crippen LogP) is 5.56. The van der Waals surface area contributed by atoms with E-state index in [9.17, 15) is 10.1 Å². The van der Waals surface area contributed by atoms with E-state index >= 15 is 0 Å². The molecule has 2 aromatic carbocycles. The second-order valence-electron chi connectivity index (χ2n) is 9.27. The Labute approximate surface area is 172 Å². The SMILES string of the molecule is C[C@]12CC[C@@H]3c4cc(C#N)c(OCc5ccccc5)cc4CC[C@H]3[C@@H]1CCC2=O. The number of hydrogen-bond donors (Lipinski definition) is 0. The van der Waals surface area contributed by atoms with E-state index in [1.54, 1.807) is 0 Å². The molecule has 4 atom stereocenters. The lowest BCUT2D eigenvalue weighted by Gasteiger charge is -2.48. The van der Waals surface area contributed by atoms with Crippen LogP contribution in [0.25, 0.3) is 0 Å². The second-order valence-corrected chi connectivity index (χ2v) is 9.27. The molecule has 2 aromatic rings. The number of hydrogen-bond acceptors (Lipinski definition) is 3. The highest BCUT2D eigenvalue weighted by molar-refractivity contribution is 5.87. The molecule has 2 saturated carbocycles. The number of aryl methyl sites for hydroxylation is 1. The van der Waals surface area contributed by atoms with Crippen molar-refractivity contribution in [2.75, 3.05) is 0 Å². The Hall–Kier alpha value is -2.60. The molecule has 0 saturated heterocycles. The van der Waals surface area contributed by atoms with Gasteiger partial charge in [0, 0.05) is 11.8 Å². The van der Waals surface area contributed by atoms with Crippen LogP contribution in [0.3, 0.4) is 0 Å². The summed E-state index contributed by atoms with van der Waals surface area (Å²) in [5, 5.41) is 9.76. The second kappa shape index (κ2) is 7.02. The molecule has 2 fully saturated rings. The number of ether oxygens (including phenoxy) is 1. The van der Waals surface area contributed by atoms with Crippen LogP contribution in [-0.4, -0.2) is 5.78 Å². The van der Waals surface area contributed by atoms with Crippen molar-refractivity contribution >= 4 is 5.78 Å². The molecule has 0 aliphatic heterocycles. The Kier molecular flexibility index (Phi) is 4.46. The molecule has 0 spiro atoms. The van der Waals surface area contributed by atoms with E-state index in [-0.39, 0.29) is 5.41 Å². The fourth-order valence-electron chi connectivity index (χ4n) is 6.31. The molecule has 3 aliphatic carbocycles. The van der Waals surface area contributed by atoms with Gasteiger partial charge in [0.25, 0.3) is 0 Å². The van der Waals surface area contributed by atoms with Crippen molar-refractivity contribution in [3.05, 3.63) is 64.7 Å². The Morgan fingerprint density at radius 3 is 2.76 bits per heavy atom. The minimum absolute atomic E-state index is 0.102. The first-order valence-corrected chi connectivity index (χ1v) is 10.9. The van der Waals surface area contributed by atoms with Crippen LogP contribution in [0.5, 0.6) is 5.75 Å². The number of benzene rings is 2. The molecule has 0 bridgehead atoms. The van der Waals surface area contributed by atoms with E-state index in [0.717, 1.165) is 44.1 Å². The van der Waals surface area contributed by atoms with E-state index in [2.05, 4.69) is 25.1 Å². The molecular formula is C26H27NO2. The van der Waals surface area contributed by atoms with Crippen molar-refractivity contribution in [2.45, 2.75) is 58.0 Å². The van der Waals surface area contributed by atoms with Crippen molar-refractivity contribution in [1.29, 1.82) is 5.26 Å². The average Bonchev–Trinajstić information content (AvgIpc) is 3.06. The van der Waals surface area contributed by atoms with Gasteiger partial charge in [-0.1, -0.05) is 37.3 Å². The summed E-state index contributed by atoms with van der Waals surface area (Å²) in [5.41, 5.74) is 4.31. The molecule has 3 aliphatic rings. The van der Waals surface area contributed by atoms with Crippen molar-refractivity contribution in [3.8, 4) is 11.8 Å². The third-order valence-electron chi connectivity index (χ3n) is 7.89. The van der Waals surface area contributed by atoms with Crippen molar-refractivity contribution < 1.29 is 9.53 Å². The molecule has 0 unspecified atom stereocenters. The zero-order valence-corrected chi connectivity index (χ0v) is 17.0. The Morgan fingerprint density at radius 2 is 1.97 bits per heavy atom. The number of rotatable bonds is 3. The summed E-state index contributed by atoms with van der Waals surface area (Å²) in [6.07, 6.45) is 6.03. The third kappa shape index (κ3) is 2.97. The van der Waals surface area contributed by atoms with Gasteiger partial charge in [-0.25, -0.2) is 0 Å². The largest absolute Gasteiger partial charge is 0.488 e. The number of nitriles is 1. The van der Waals surface area contributed by atoms with Crippen LogP contribution in [0.15, 0.2) is 42.5 Å². The lowest BCUT2D eigenvalue weighted by atomic mass is 9.55. The van der Waals surface area contributed by atoms with Crippen molar-refractivity contribution in [2.24, 2.45) is 17.3 Å². The normalized spacial score (nSPS) is 30.1. The van der Waals surface area contributed by atoms with Gasteiger partial charge in [-0.15, -0.1) is 0 Å².